The SMILES string of the molecule is CC(C)OC(=O)[C@@H]1NS(=O)(=O)Oc2ccccc21. The van der Waals surface area contributed by atoms with Crippen LogP contribution in [0.2, 0.25) is 0 Å². The maximum absolute atomic E-state index is 11.9. The van der Waals surface area contributed by atoms with Gasteiger partial charge in [0.25, 0.3) is 0 Å². The Morgan fingerprint density at radius 1 is 1.39 bits per heavy atom. The van der Waals surface area contributed by atoms with Gasteiger partial charge >= 0.3 is 16.3 Å². The summed E-state index contributed by atoms with van der Waals surface area (Å²) < 4.78 is 34.9. The van der Waals surface area contributed by atoms with Crippen LogP contribution >= 0.6 is 0 Å². The van der Waals surface area contributed by atoms with Crippen LogP contribution < -0.4 is 8.91 Å². The van der Waals surface area contributed by atoms with Gasteiger partial charge in [0.2, 0.25) is 0 Å². The fraction of sp³-hybridized carbons (Fsp3) is 0.364. The second kappa shape index (κ2) is 4.58. The fourth-order valence-electron chi connectivity index (χ4n) is 1.62. The van der Waals surface area contributed by atoms with Gasteiger partial charge in [0.1, 0.15) is 5.75 Å². The van der Waals surface area contributed by atoms with Crippen LogP contribution in [0.15, 0.2) is 24.3 Å². The molecule has 1 heterocycles. The highest BCUT2D eigenvalue weighted by Crippen LogP contribution is 2.31. The molecule has 1 N–H and O–H groups in total. The Balaban J connectivity index is 2.39. The minimum Gasteiger partial charge on any atom is -0.462 e. The quantitative estimate of drug-likeness (QED) is 0.808. The number of carbonyl (C=O) groups is 1. The van der Waals surface area contributed by atoms with E-state index < -0.39 is 22.3 Å². The number of carbonyl (C=O) groups excluding carboxylic acids is 1. The molecule has 0 spiro atoms. The summed E-state index contributed by atoms with van der Waals surface area (Å²) in [6, 6.07) is 5.36. The molecule has 0 unspecified atom stereocenters. The first-order valence-corrected chi connectivity index (χ1v) is 6.81. The van der Waals surface area contributed by atoms with Gasteiger partial charge in [-0.3, -0.25) is 0 Å². The summed E-state index contributed by atoms with van der Waals surface area (Å²) in [5, 5.41) is 0. The predicted octanol–water partition coefficient (Wildman–Crippen LogP) is 0.906. The Kier molecular flexibility index (Phi) is 3.27. The molecule has 1 atom stereocenters. The number of para-hydroxylation sites is 1. The molecule has 6 nitrogen and oxygen atoms in total. The third-order valence-corrected chi connectivity index (χ3v) is 3.20. The molecule has 1 aliphatic heterocycles. The number of hydrogen-bond donors (Lipinski definition) is 1. The van der Waals surface area contributed by atoms with Crippen LogP contribution in [0, 0.1) is 0 Å². The third-order valence-electron chi connectivity index (χ3n) is 2.28. The molecule has 0 fully saturated rings. The molecule has 1 aromatic carbocycles. The normalized spacial score (nSPS) is 20.9. The largest absolute Gasteiger partial charge is 0.462 e. The van der Waals surface area contributed by atoms with E-state index in [1.807, 2.05) is 0 Å². The fourth-order valence-corrected chi connectivity index (χ4v) is 2.57. The second-order valence-electron chi connectivity index (χ2n) is 4.11. The first kappa shape index (κ1) is 12.8. The Hall–Kier alpha value is -1.60. The molecule has 2 rings (SSSR count). The van der Waals surface area contributed by atoms with Gasteiger partial charge in [-0.15, -0.1) is 0 Å². The lowest BCUT2D eigenvalue weighted by Crippen LogP contribution is -2.41. The molecule has 0 aromatic heterocycles. The maximum atomic E-state index is 11.9. The molecule has 1 aliphatic rings. The van der Waals surface area contributed by atoms with E-state index in [4.69, 9.17) is 8.92 Å². The van der Waals surface area contributed by atoms with Crippen molar-refractivity contribution < 1.29 is 22.1 Å². The van der Waals surface area contributed by atoms with Gasteiger partial charge < -0.3 is 8.92 Å². The number of esters is 1. The van der Waals surface area contributed by atoms with Gasteiger partial charge in [-0.2, -0.15) is 13.1 Å². The predicted molar refractivity (Wildman–Crippen MR) is 63.1 cm³/mol. The highest BCUT2D eigenvalue weighted by atomic mass is 32.2. The Bertz CT molecular complexity index is 567. The Morgan fingerprint density at radius 2 is 2.06 bits per heavy atom. The second-order valence-corrected chi connectivity index (χ2v) is 5.42. The maximum Gasteiger partial charge on any atom is 0.383 e. The van der Waals surface area contributed by atoms with E-state index in [0.717, 1.165) is 0 Å². The number of hydrogen-bond acceptors (Lipinski definition) is 5. The van der Waals surface area contributed by atoms with Crippen LogP contribution in [0.1, 0.15) is 25.5 Å². The molecule has 0 amide bonds. The molecule has 1 aromatic rings. The van der Waals surface area contributed by atoms with E-state index in [2.05, 4.69) is 4.72 Å². The van der Waals surface area contributed by atoms with E-state index in [1.165, 1.54) is 6.07 Å². The van der Waals surface area contributed by atoms with Crippen molar-refractivity contribution in [2.75, 3.05) is 0 Å². The summed E-state index contributed by atoms with van der Waals surface area (Å²) in [4.78, 5) is 11.9. The molecule has 98 valence electrons. The average Bonchev–Trinajstić information content (AvgIpc) is 2.25. The van der Waals surface area contributed by atoms with Crippen LogP contribution in [-0.4, -0.2) is 20.5 Å². The van der Waals surface area contributed by atoms with E-state index in [-0.39, 0.29) is 11.9 Å². The minimum atomic E-state index is -3.98. The molecule has 18 heavy (non-hydrogen) atoms. The molecule has 0 saturated carbocycles. The highest BCUT2D eigenvalue weighted by molar-refractivity contribution is 7.85. The van der Waals surface area contributed by atoms with E-state index in [1.54, 1.807) is 32.0 Å². The molecule has 0 radical (unpaired) electrons. The minimum absolute atomic E-state index is 0.141. The first-order valence-electron chi connectivity index (χ1n) is 5.40. The molecular formula is C11H13NO5S. The summed E-state index contributed by atoms with van der Waals surface area (Å²) >= 11 is 0. The van der Waals surface area contributed by atoms with Crippen molar-refractivity contribution in [2.24, 2.45) is 0 Å². The summed E-state index contributed by atoms with van der Waals surface area (Å²) in [5.74, 6) is -0.508. The zero-order chi connectivity index (χ0) is 13.3. The summed E-state index contributed by atoms with van der Waals surface area (Å²) in [5.41, 5.74) is 0.443. The van der Waals surface area contributed by atoms with Crippen LogP contribution in [0.5, 0.6) is 5.75 Å². The van der Waals surface area contributed by atoms with E-state index in [0.29, 0.717) is 5.56 Å². The lowest BCUT2D eigenvalue weighted by atomic mass is 10.1. The van der Waals surface area contributed by atoms with Crippen molar-refractivity contribution in [1.29, 1.82) is 0 Å². The van der Waals surface area contributed by atoms with Gasteiger partial charge in [0, 0.05) is 5.56 Å². The number of nitrogens with one attached hydrogen (secondary N) is 1. The number of ether oxygens (including phenoxy) is 1. The van der Waals surface area contributed by atoms with Crippen molar-refractivity contribution in [3.8, 4) is 5.75 Å². The molecule has 7 heteroatoms. The van der Waals surface area contributed by atoms with Gasteiger partial charge in [-0.25, -0.2) is 4.79 Å². The van der Waals surface area contributed by atoms with Gasteiger partial charge in [-0.05, 0) is 19.9 Å². The Labute approximate surface area is 105 Å². The molecule has 0 aliphatic carbocycles. The number of fused-ring (bicyclic) bond motifs is 1. The summed E-state index contributed by atoms with van der Waals surface area (Å²) in [6.45, 7) is 3.38. The van der Waals surface area contributed by atoms with Gasteiger partial charge in [0.15, 0.2) is 6.04 Å². The monoisotopic (exact) mass is 271 g/mol. The lowest BCUT2D eigenvalue weighted by molar-refractivity contribution is -0.149. The van der Waals surface area contributed by atoms with Crippen molar-refractivity contribution in [2.45, 2.75) is 26.0 Å². The van der Waals surface area contributed by atoms with E-state index in [9.17, 15) is 13.2 Å². The Morgan fingerprint density at radius 3 is 2.72 bits per heavy atom. The third kappa shape index (κ3) is 2.62. The van der Waals surface area contributed by atoms with Crippen LogP contribution in [0.4, 0.5) is 0 Å². The molecular weight excluding hydrogens is 258 g/mol. The smallest absolute Gasteiger partial charge is 0.383 e. The molecule has 0 saturated heterocycles. The average molecular weight is 271 g/mol. The van der Waals surface area contributed by atoms with Crippen LogP contribution in [0.3, 0.4) is 0 Å². The standard InChI is InChI=1S/C11H13NO5S/c1-7(2)16-11(13)10-8-5-3-4-6-9(8)17-18(14,15)12-10/h3-7,10,12H,1-2H3/t10-/m1/s1. The first-order chi connectivity index (χ1) is 8.39. The van der Waals surface area contributed by atoms with E-state index >= 15 is 0 Å². The van der Waals surface area contributed by atoms with Gasteiger partial charge in [0.05, 0.1) is 6.10 Å². The highest BCUT2D eigenvalue weighted by Gasteiger charge is 2.36. The van der Waals surface area contributed by atoms with Crippen LogP contribution in [0.25, 0.3) is 0 Å². The zero-order valence-electron chi connectivity index (χ0n) is 9.91. The lowest BCUT2D eigenvalue weighted by Gasteiger charge is -2.25. The van der Waals surface area contributed by atoms with Crippen molar-refractivity contribution in [3.63, 3.8) is 0 Å². The van der Waals surface area contributed by atoms with Gasteiger partial charge in [-0.1, -0.05) is 18.2 Å². The summed E-state index contributed by atoms with van der Waals surface area (Å²) in [7, 11) is -3.98. The van der Waals surface area contributed by atoms with Crippen molar-refractivity contribution >= 4 is 16.3 Å². The van der Waals surface area contributed by atoms with Crippen molar-refractivity contribution in [1.82, 2.24) is 4.72 Å². The van der Waals surface area contributed by atoms with Crippen molar-refractivity contribution in [3.05, 3.63) is 29.8 Å². The number of benzene rings is 1. The topological polar surface area (TPSA) is 81.7 Å². The number of rotatable bonds is 2. The zero-order valence-corrected chi connectivity index (χ0v) is 10.7. The summed E-state index contributed by atoms with van der Waals surface area (Å²) in [6.07, 6.45) is -0.322. The van der Waals surface area contributed by atoms with Crippen LogP contribution in [-0.2, 0) is 19.8 Å². The molecule has 0 bridgehead atoms.